The Morgan fingerprint density at radius 3 is 2.59 bits per heavy atom. The summed E-state index contributed by atoms with van der Waals surface area (Å²) in [6.07, 6.45) is 6.19. The van der Waals surface area contributed by atoms with Crippen molar-refractivity contribution in [3.63, 3.8) is 0 Å². The number of carbonyl (C=O) groups excluding carboxylic acids is 1. The lowest BCUT2D eigenvalue weighted by Gasteiger charge is -2.35. The van der Waals surface area contributed by atoms with Gasteiger partial charge in [0.2, 0.25) is 5.91 Å². The lowest BCUT2D eigenvalue weighted by molar-refractivity contribution is -0.127. The zero-order valence-corrected chi connectivity index (χ0v) is 18.0. The number of anilines is 1. The van der Waals surface area contributed by atoms with Crippen LogP contribution in [0.25, 0.3) is 10.6 Å². The van der Waals surface area contributed by atoms with Gasteiger partial charge in [-0.2, -0.15) is 5.10 Å². The zero-order chi connectivity index (χ0) is 19.7. The fourth-order valence-electron chi connectivity index (χ4n) is 4.72. The number of carbonyl (C=O) groups is 1. The minimum absolute atomic E-state index is 0.246. The van der Waals surface area contributed by atoms with Gasteiger partial charge in [0.1, 0.15) is 0 Å². The van der Waals surface area contributed by atoms with Crippen LogP contribution in [-0.2, 0) is 10.2 Å². The van der Waals surface area contributed by atoms with Crippen molar-refractivity contribution in [2.75, 3.05) is 18.0 Å². The Hall–Kier alpha value is -2.12. The number of hydrogen-bond donors (Lipinski definition) is 2. The number of thiophene rings is 2. The molecular formula is C22H26N4OS2. The second-order valence-corrected chi connectivity index (χ2v) is 10.0. The van der Waals surface area contributed by atoms with E-state index in [1.807, 2.05) is 0 Å². The van der Waals surface area contributed by atoms with Crippen LogP contribution in [0.15, 0.2) is 41.1 Å². The molecule has 2 fully saturated rings. The molecule has 4 heterocycles. The summed E-state index contributed by atoms with van der Waals surface area (Å²) in [6.45, 7) is 1.84. The third-order valence-electron chi connectivity index (χ3n) is 6.39. The molecule has 0 radical (unpaired) electrons. The maximum absolute atomic E-state index is 13.3. The average molecular weight is 427 g/mol. The summed E-state index contributed by atoms with van der Waals surface area (Å²) in [6, 6.07) is 10.8. The summed E-state index contributed by atoms with van der Waals surface area (Å²) in [7, 11) is 0. The molecule has 29 heavy (non-hydrogen) atoms. The second kappa shape index (κ2) is 7.95. The summed E-state index contributed by atoms with van der Waals surface area (Å²) in [5.74, 6) is 1.25. The number of aromatic amines is 1. The highest BCUT2D eigenvalue weighted by atomic mass is 32.1. The first-order chi connectivity index (χ1) is 14.2. The normalized spacial score (nSPS) is 19.5. The van der Waals surface area contributed by atoms with E-state index >= 15 is 0 Å². The highest BCUT2D eigenvalue weighted by Gasteiger charge is 2.44. The number of nitrogens with one attached hydrogen (secondary N) is 2. The molecule has 1 amide bonds. The molecule has 152 valence electrons. The van der Waals surface area contributed by atoms with Crippen molar-refractivity contribution in [1.29, 1.82) is 0 Å². The minimum Gasteiger partial charge on any atom is -0.355 e. The van der Waals surface area contributed by atoms with Gasteiger partial charge in [-0.3, -0.25) is 9.89 Å². The third-order valence-corrected chi connectivity index (χ3v) is 8.37. The number of aromatic nitrogens is 2. The standard InChI is InChI=1S/C22H26N4OS2/c27-21(22(9-1-2-10-22)19-6-4-14-29-19)23-16-7-11-26(12-8-16)20-15-17(24-25-20)18-5-3-13-28-18/h3-6,13-16H,1-2,7-12H2,(H,23,27)(H,24,25). The predicted molar refractivity (Wildman–Crippen MR) is 120 cm³/mol. The topological polar surface area (TPSA) is 61.0 Å². The van der Waals surface area contributed by atoms with Gasteiger partial charge in [-0.15, -0.1) is 22.7 Å². The molecule has 1 saturated heterocycles. The highest BCUT2D eigenvalue weighted by Crippen LogP contribution is 2.43. The summed E-state index contributed by atoms with van der Waals surface area (Å²) < 4.78 is 0. The number of amides is 1. The molecule has 3 aromatic heterocycles. The molecule has 0 spiro atoms. The number of piperidine rings is 1. The molecule has 5 nitrogen and oxygen atoms in total. The molecule has 7 heteroatoms. The van der Waals surface area contributed by atoms with Gasteiger partial charge in [0.25, 0.3) is 0 Å². The first-order valence-corrected chi connectivity index (χ1v) is 12.2. The molecule has 5 rings (SSSR count). The van der Waals surface area contributed by atoms with E-state index in [0.29, 0.717) is 0 Å². The monoisotopic (exact) mass is 426 g/mol. The molecular weight excluding hydrogens is 400 g/mol. The quantitative estimate of drug-likeness (QED) is 0.616. The third kappa shape index (κ3) is 3.62. The molecule has 1 aliphatic carbocycles. The van der Waals surface area contributed by atoms with Crippen molar-refractivity contribution in [3.05, 3.63) is 46.0 Å². The molecule has 1 saturated carbocycles. The van der Waals surface area contributed by atoms with Gasteiger partial charge >= 0.3 is 0 Å². The first kappa shape index (κ1) is 18.9. The maximum atomic E-state index is 13.3. The van der Waals surface area contributed by atoms with Crippen molar-refractivity contribution in [2.24, 2.45) is 0 Å². The van der Waals surface area contributed by atoms with Gasteiger partial charge < -0.3 is 10.2 Å². The maximum Gasteiger partial charge on any atom is 0.231 e. The molecule has 2 aliphatic rings. The van der Waals surface area contributed by atoms with E-state index < -0.39 is 0 Å². The van der Waals surface area contributed by atoms with E-state index in [1.165, 1.54) is 9.75 Å². The molecule has 1 aliphatic heterocycles. The summed E-state index contributed by atoms with van der Waals surface area (Å²) in [4.78, 5) is 18.1. The molecule has 3 aromatic rings. The average Bonchev–Trinajstić information content (AvgIpc) is 3.56. The van der Waals surface area contributed by atoms with E-state index in [0.717, 1.165) is 63.1 Å². The molecule has 0 bridgehead atoms. The van der Waals surface area contributed by atoms with Gasteiger partial charge in [0.15, 0.2) is 5.82 Å². The van der Waals surface area contributed by atoms with Gasteiger partial charge in [0, 0.05) is 30.1 Å². The smallest absolute Gasteiger partial charge is 0.231 e. The predicted octanol–water partition coefficient (Wildman–Crippen LogP) is 4.80. The van der Waals surface area contributed by atoms with Gasteiger partial charge in [-0.25, -0.2) is 0 Å². The number of rotatable bonds is 5. The lowest BCUT2D eigenvalue weighted by Crippen LogP contribution is -2.50. The SMILES string of the molecule is O=C(NC1CCN(c2cc(-c3cccs3)[nH]n2)CC1)C1(c2cccs2)CCCC1. The second-order valence-electron chi connectivity index (χ2n) is 8.12. The molecule has 0 unspecified atom stereocenters. The van der Waals surface area contributed by atoms with E-state index in [9.17, 15) is 4.79 Å². The summed E-state index contributed by atoms with van der Waals surface area (Å²) in [5, 5.41) is 15.2. The van der Waals surface area contributed by atoms with Crippen LogP contribution < -0.4 is 10.2 Å². The van der Waals surface area contributed by atoms with Crippen LogP contribution in [0.3, 0.4) is 0 Å². The Kier molecular flexibility index (Phi) is 5.18. The first-order valence-electron chi connectivity index (χ1n) is 10.4. The minimum atomic E-state index is -0.289. The van der Waals surface area contributed by atoms with Gasteiger partial charge in [0.05, 0.1) is 16.0 Å². The number of hydrogen-bond acceptors (Lipinski definition) is 5. The Morgan fingerprint density at radius 2 is 1.90 bits per heavy atom. The van der Waals surface area contributed by atoms with Crippen molar-refractivity contribution in [1.82, 2.24) is 15.5 Å². The Labute approximate surface area is 179 Å². The van der Waals surface area contributed by atoms with Crippen LogP contribution >= 0.6 is 22.7 Å². The number of nitrogens with zero attached hydrogens (tertiary/aromatic N) is 2. The van der Waals surface area contributed by atoms with Gasteiger partial charge in [-0.05, 0) is 48.6 Å². The van der Waals surface area contributed by atoms with Crippen molar-refractivity contribution < 1.29 is 4.79 Å². The van der Waals surface area contributed by atoms with Gasteiger partial charge in [-0.1, -0.05) is 25.0 Å². The fourth-order valence-corrected chi connectivity index (χ4v) is 6.40. The van der Waals surface area contributed by atoms with Crippen LogP contribution in [0.5, 0.6) is 0 Å². The highest BCUT2D eigenvalue weighted by molar-refractivity contribution is 7.13. The number of H-pyrrole nitrogens is 1. The van der Waals surface area contributed by atoms with E-state index in [2.05, 4.69) is 61.5 Å². The van der Waals surface area contributed by atoms with Crippen LogP contribution in [0.2, 0.25) is 0 Å². The lowest BCUT2D eigenvalue weighted by atomic mass is 9.83. The Bertz CT molecular complexity index is 934. The van der Waals surface area contributed by atoms with E-state index in [-0.39, 0.29) is 17.4 Å². The van der Waals surface area contributed by atoms with Crippen LogP contribution in [0.1, 0.15) is 43.4 Å². The van der Waals surface area contributed by atoms with E-state index in [4.69, 9.17) is 0 Å². The van der Waals surface area contributed by atoms with Crippen molar-refractivity contribution >= 4 is 34.4 Å². The Morgan fingerprint density at radius 1 is 1.14 bits per heavy atom. The van der Waals surface area contributed by atoms with Crippen molar-refractivity contribution in [3.8, 4) is 10.6 Å². The van der Waals surface area contributed by atoms with E-state index in [1.54, 1.807) is 22.7 Å². The summed E-state index contributed by atoms with van der Waals surface area (Å²) >= 11 is 3.45. The van der Waals surface area contributed by atoms with Crippen LogP contribution in [0.4, 0.5) is 5.82 Å². The van der Waals surface area contributed by atoms with Crippen LogP contribution in [-0.4, -0.2) is 35.2 Å². The largest absolute Gasteiger partial charge is 0.355 e. The Balaban J connectivity index is 1.21. The fraction of sp³-hybridized carbons (Fsp3) is 0.455. The van der Waals surface area contributed by atoms with Crippen molar-refractivity contribution in [2.45, 2.75) is 50.0 Å². The molecule has 2 N–H and O–H groups in total. The molecule has 0 atom stereocenters. The van der Waals surface area contributed by atoms with Crippen LogP contribution in [0, 0.1) is 0 Å². The molecule has 0 aromatic carbocycles. The summed E-state index contributed by atoms with van der Waals surface area (Å²) in [5.41, 5.74) is 0.785. The zero-order valence-electron chi connectivity index (χ0n) is 16.4.